The molecule has 0 aliphatic rings. The standard InChI is InChI=1S/C12H12N4O3/c1-18-10-4-3-8(5-13-10)11(17)16-9-6-14-12(19-2)15-7-9/h3-7H,1-2H3,(H,16,17). The maximum atomic E-state index is 11.9. The van der Waals surface area contributed by atoms with Crippen molar-refractivity contribution in [1.29, 1.82) is 0 Å². The van der Waals surface area contributed by atoms with Gasteiger partial charge in [0.1, 0.15) is 0 Å². The third-order valence-corrected chi connectivity index (χ3v) is 2.28. The van der Waals surface area contributed by atoms with Gasteiger partial charge >= 0.3 is 6.01 Å². The van der Waals surface area contributed by atoms with Crippen LogP contribution in [0.5, 0.6) is 11.9 Å². The van der Waals surface area contributed by atoms with Gasteiger partial charge in [0.15, 0.2) is 0 Å². The van der Waals surface area contributed by atoms with E-state index in [-0.39, 0.29) is 11.9 Å². The van der Waals surface area contributed by atoms with Crippen molar-refractivity contribution >= 4 is 11.6 Å². The highest BCUT2D eigenvalue weighted by Crippen LogP contribution is 2.11. The Morgan fingerprint density at radius 2 is 1.79 bits per heavy atom. The van der Waals surface area contributed by atoms with Crippen LogP contribution in [0.3, 0.4) is 0 Å². The molecule has 19 heavy (non-hydrogen) atoms. The van der Waals surface area contributed by atoms with Crippen molar-refractivity contribution in [2.45, 2.75) is 0 Å². The van der Waals surface area contributed by atoms with E-state index in [1.54, 1.807) is 12.1 Å². The van der Waals surface area contributed by atoms with Crippen molar-refractivity contribution < 1.29 is 14.3 Å². The molecule has 0 spiro atoms. The first-order valence-corrected chi connectivity index (χ1v) is 5.40. The number of methoxy groups -OCH3 is 2. The Morgan fingerprint density at radius 3 is 2.32 bits per heavy atom. The Morgan fingerprint density at radius 1 is 1.05 bits per heavy atom. The molecule has 2 aromatic heterocycles. The molecule has 0 atom stereocenters. The summed E-state index contributed by atoms with van der Waals surface area (Å²) in [7, 11) is 2.98. The van der Waals surface area contributed by atoms with Crippen molar-refractivity contribution in [3.63, 3.8) is 0 Å². The zero-order chi connectivity index (χ0) is 13.7. The molecule has 0 unspecified atom stereocenters. The Labute approximate surface area is 109 Å². The summed E-state index contributed by atoms with van der Waals surface area (Å²) in [4.78, 5) is 23.6. The molecule has 1 N–H and O–H groups in total. The normalized spacial score (nSPS) is 9.79. The fraction of sp³-hybridized carbons (Fsp3) is 0.167. The fourth-order valence-corrected chi connectivity index (χ4v) is 1.32. The van der Waals surface area contributed by atoms with Gasteiger partial charge in [0.05, 0.1) is 37.9 Å². The lowest BCUT2D eigenvalue weighted by molar-refractivity contribution is 0.102. The first kappa shape index (κ1) is 12.7. The average Bonchev–Trinajstić information content (AvgIpc) is 2.48. The molecule has 98 valence electrons. The first-order chi connectivity index (χ1) is 9.22. The molecule has 0 saturated carbocycles. The summed E-state index contributed by atoms with van der Waals surface area (Å²) in [6.45, 7) is 0. The molecule has 0 radical (unpaired) electrons. The number of carbonyl (C=O) groups excluding carboxylic acids is 1. The van der Waals surface area contributed by atoms with Crippen LogP contribution in [-0.4, -0.2) is 35.1 Å². The summed E-state index contributed by atoms with van der Waals surface area (Å²) < 4.78 is 9.74. The molecular formula is C12H12N4O3. The molecule has 0 aliphatic heterocycles. The number of pyridine rings is 1. The molecule has 2 heterocycles. The second kappa shape index (κ2) is 5.76. The van der Waals surface area contributed by atoms with Gasteiger partial charge in [-0.1, -0.05) is 0 Å². The van der Waals surface area contributed by atoms with Crippen molar-refractivity contribution in [3.8, 4) is 11.9 Å². The Balaban J connectivity index is 2.06. The van der Waals surface area contributed by atoms with E-state index < -0.39 is 0 Å². The zero-order valence-electron chi connectivity index (χ0n) is 10.5. The highest BCUT2D eigenvalue weighted by atomic mass is 16.5. The molecular weight excluding hydrogens is 248 g/mol. The maximum absolute atomic E-state index is 11.9. The Hall–Kier alpha value is -2.70. The second-order valence-electron chi connectivity index (χ2n) is 3.50. The SMILES string of the molecule is COc1ccc(C(=O)Nc2cnc(OC)nc2)cn1. The number of aromatic nitrogens is 3. The topological polar surface area (TPSA) is 86.2 Å². The van der Waals surface area contributed by atoms with E-state index in [2.05, 4.69) is 20.3 Å². The molecule has 0 saturated heterocycles. The van der Waals surface area contributed by atoms with Crippen molar-refractivity contribution in [1.82, 2.24) is 15.0 Å². The van der Waals surface area contributed by atoms with Gasteiger partial charge in [-0.3, -0.25) is 4.79 Å². The summed E-state index contributed by atoms with van der Waals surface area (Å²) in [5, 5.41) is 2.65. The number of rotatable bonds is 4. The van der Waals surface area contributed by atoms with Crippen molar-refractivity contribution in [3.05, 3.63) is 36.3 Å². The molecule has 1 amide bonds. The summed E-state index contributed by atoms with van der Waals surface area (Å²) >= 11 is 0. The number of hydrogen-bond acceptors (Lipinski definition) is 6. The highest BCUT2D eigenvalue weighted by Gasteiger charge is 2.07. The Bertz CT molecular complexity index is 554. The molecule has 0 aromatic carbocycles. The summed E-state index contributed by atoms with van der Waals surface area (Å²) in [6, 6.07) is 3.47. The van der Waals surface area contributed by atoms with Gasteiger partial charge in [-0.2, -0.15) is 0 Å². The van der Waals surface area contributed by atoms with E-state index in [0.29, 0.717) is 17.1 Å². The van der Waals surface area contributed by atoms with Crippen LogP contribution in [0.4, 0.5) is 5.69 Å². The van der Waals surface area contributed by atoms with Gasteiger partial charge in [0, 0.05) is 12.3 Å². The van der Waals surface area contributed by atoms with Crippen LogP contribution in [0.15, 0.2) is 30.7 Å². The number of hydrogen-bond donors (Lipinski definition) is 1. The van der Waals surface area contributed by atoms with E-state index in [1.165, 1.54) is 32.8 Å². The van der Waals surface area contributed by atoms with Crippen LogP contribution >= 0.6 is 0 Å². The van der Waals surface area contributed by atoms with Gasteiger partial charge < -0.3 is 14.8 Å². The molecule has 0 bridgehead atoms. The molecule has 2 aromatic rings. The predicted octanol–water partition coefficient (Wildman–Crippen LogP) is 1.14. The van der Waals surface area contributed by atoms with Gasteiger partial charge in [0.25, 0.3) is 5.91 Å². The molecule has 0 aliphatic carbocycles. The third kappa shape index (κ3) is 3.15. The lowest BCUT2D eigenvalue weighted by atomic mass is 10.2. The number of anilines is 1. The molecule has 2 rings (SSSR count). The number of carbonyl (C=O) groups is 1. The van der Waals surface area contributed by atoms with Crippen LogP contribution in [0.1, 0.15) is 10.4 Å². The van der Waals surface area contributed by atoms with Gasteiger partial charge in [-0.05, 0) is 6.07 Å². The summed E-state index contributed by atoms with van der Waals surface area (Å²) in [6.07, 6.45) is 4.35. The van der Waals surface area contributed by atoms with Crippen LogP contribution in [-0.2, 0) is 0 Å². The van der Waals surface area contributed by atoms with Crippen LogP contribution in [0, 0.1) is 0 Å². The van der Waals surface area contributed by atoms with Crippen LogP contribution in [0.25, 0.3) is 0 Å². The predicted molar refractivity (Wildman–Crippen MR) is 67.3 cm³/mol. The largest absolute Gasteiger partial charge is 0.481 e. The first-order valence-electron chi connectivity index (χ1n) is 5.40. The third-order valence-electron chi connectivity index (χ3n) is 2.28. The number of nitrogens with one attached hydrogen (secondary N) is 1. The Kier molecular flexibility index (Phi) is 3.87. The number of amides is 1. The maximum Gasteiger partial charge on any atom is 0.316 e. The number of ether oxygens (including phenoxy) is 2. The smallest absolute Gasteiger partial charge is 0.316 e. The van der Waals surface area contributed by atoms with E-state index in [1.807, 2.05) is 0 Å². The minimum atomic E-state index is -0.302. The van der Waals surface area contributed by atoms with Crippen molar-refractivity contribution in [2.24, 2.45) is 0 Å². The van der Waals surface area contributed by atoms with E-state index in [4.69, 9.17) is 9.47 Å². The minimum Gasteiger partial charge on any atom is -0.481 e. The van der Waals surface area contributed by atoms with Crippen molar-refractivity contribution in [2.75, 3.05) is 19.5 Å². The highest BCUT2D eigenvalue weighted by molar-refractivity contribution is 6.03. The van der Waals surface area contributed by atoms with E-state index in [9.17, 15) is 4.79 Å². The van der Waals surface area contributed by atoms with E-state index in [0.717, 1.165) is 0 Å². The van der Waals surface area contributed by atoms with Gasteiger partial charge in [-0.15, -0.1) is 0 Å². The van der Waals surface area contributed by atoms with Gasteiger partial charge in [0.2, 0.25) is 5.88 Å². The monoisotopic (exact) mass is 260 g/mol. The minimum absolute atomic E-state index is 0.240. The van der Waals surface area contributed by atoms with E-state index >= 15 is 0 Å². The summed E-state index contributed by atoms with van der Waals surface area (Å²) in [5.74, 6) is 0.147. The molecule has 7 heteroatoms. The van der Waals surface area contributed by atoms with Gasteiger partial charge in [-0.25, -0.2) is 15.0 Å². The summed E-state index contributed by atoms with van der Waals surface area (Å²) in [5.41, 5.74) is 0.887. The fourth-order valence-electron chi connectivity index (χ4n) is 1.32. The number of nitrogens with zero attached hydrogens (tertiary/aromatic N) is 3. The lowest BCUT2D eigenvalue weighted by Gasteiger charge is -2.05. The average molecular weight is 260 g/mol. The molecule has 0 fully saturated rings. The molecule has 7 nitrogen and oxygen atoms in total. The van der Waals surface area contributed by atoms with Crippen LogP contribution < -0.4 is 14.8 Å². The second-order valence-corrected chi connectivity index (χ2v) is 3.50. The quantitative estimate of drug-likeness (QED) is 0.887. The van der Waals surface area contributed by atoms with Crippen LogP contribution in [0.2, 0.25) is 0 Å². The zero-order valence-corrected chi connectivity index (χ0v) is 10.5. The lowest BCUT2D eigenvalue weighted by Crippen LogP contribution is -2.12.